The van der Waals surface area contributed by atoms with Crippen molar-refractivity contribution in [3.05, 3.63) is 29.8 Å². The van der Waals surface area contributed by atoms with Gasteiger partial charge >= 0.3 is 5.97 Å². The third-order valence-corrected chi connectivity index (χ3v) is 10.4. The van der Waals surface area contributed by atoms with Crippen LogP contribution in [-0.2, 0) is 9.59 Å². The molecule has 0 aliphatic rings. The molecule has 1 amide bonds. The average molecular weight is 753 g/mol. The van der Waals surface area contributed by atoms with Crippen LogP contribution in [0.3, 0.4) is 0 Å². The number of hydrogen-bond donors (Lipinski definition) is 1. The molecule has 8 heteroatoms. The van der Waals surface area contributed by atoms with Crippen molar-refractivity contribution in [2.75, 3.05) is 40.8 Å². The second-order valence-corrected chi connectivity index (χ2v) is 15.8. The Morgan fingerprint density at radius 3 is 1.65 bits per heavy atom. The monoisotopic (exact) mass is 751 g/mol. The van der Waals surface area contributed by atoms with Crippen LogP contribution in [0.15, 0.2) is 24.3 Å². The molecule has 0 bridgehead atoms. The fraction of sp³-hybridized carbons (Fsp3) is 0.780. The van der Waals surface area contributed by atoms with Crippen molar-refractivity contribution in [1.29, 1.82) is 0 Å². The predicted molar refractivity (Wildman–Crippen MR) is 208 cm³/mol. The van der Waals surface area contributed by atoms with E-state index in [-0.39, 0.29) is 23.4 Å². The summed E-state index contributed by atoms with van der Waals surface area (Å²) in [4.78, 5) is 41.9. The molecule has 0 saturated carbocycles. The molecule has 0 unspecified atom stereocenters. The number of para-hydroxylation sites is 1. The smallest absolute Gasteiger partial charge is 0.303 e. The van der Waals surface area contributed by atoms with Crippen molar-refractivity contribution < 1.29 is 28.7 Å². The molecule has 1 aromatic carbocycles. The summed E-state index contributed by atoms with van der Waals surface area (Å²) in [6.07, 6.45) is 23.6. The summed E-state index contributed by atoms with van der Waals surface area (Å²) in [5, 5.41) is 9.76. The van der Waals surface area contributed by atoms with Crippen LogP contribution in [0.1, 0.15) is 172 Å². The number of unbranched alkanes of at least 4 members (excludes halogenated alkanes) is 18. The standard InChI is InChI=1S/C41H71BrN2O5/c1-6-8-10-12-14-16-18-20-22-26-31-41(40(42)48,32-30-38(45)46)43(33-27-23-21-19-17-15-13-11-9-7-2)39(47)36-28-24-25-29-37(36)49-35-34-44(3,4)5/h24-25,28-29H,6-23,26-27,30-35H2,1-5H3/p+1/t41-/m0/s1. The van der Waals surface area contributed by atoms with Gasteiger partial charge in [0.25, 0.3) is 5.91 Å². The summed E-state index contributed by atoms with van der Waals surface area (Å²) in [5.41, 5.74) is -0.822. The number of benzene rings is 1. The number of ether oxygens (including phenoxy) is 1. The Labute approximate surface area is 308 Å². The predicted octanol–water partition coefficient (Wildman–Crippen LogP) is 11.0. The number of quaternary nitrogens is 1. The van der Waals surface area contributed by atoms with E-state index in [1.54, 1.807) is 11.0 Å². The maximum Gasteiger partial charge on any atom is 0.303 e. The van der Waals surface area contributed by atoms with E-state index in [0.717, 1.165) is 56.0 Å². The maximum absolute atomic E-state index is 14.6. The number of carbonyl (C=O) groups excluding carboxylic acids is 2. The number of likely N-dealkylation sites (N-methyl/N-ethyl adjacent to an activating group) is 1. The summed E-state index contributed by atoms with van der Waals surface area (Å²) in [6.45, 7) is 6.10. The molecular weight excluding hydrogens is 680 g/mol. The molecule has 1 N–H and O–H groups in total. The van der Waals surface area contributed by atoms with Crippen molar-refractivity contribution in [3.63, 3.8) is 0 Å². The molecule has 0 aliphatic heterocycles. The fourth-order valence-corrected chi connectivity index (χ4v) is 7.14. The van der Waals surface area contributed by atoms with Crippen molar-refractivity contribution in [1.82, 2.24) is 4.90 Å². The van der Waals surface area contributed by atoms with Crippen LogP contribution >= 0.6 is 15.9 Å². The number of aliphatic carboxylic acids is 1. The molecule has 0 aromatic heterocycles. The first-order valence-electron chi connectivity index (χ1n) is 19.7. The number of carboxylic acids is 1. The number of nitrogens with zero attached hydrogens (tertiary/aromatic N) is 2. The SMILES string of the molecule is CCCCCCCCCCCCN(C(=O)c1ccccc1OCC[N+](C)(C)C)[C@@](CCCCCCCCCCCC)(CCC(=O)O)C(=O)Br. The summed E-state index contributed by atoms with van der Waals surface area (Å²) in [7, 11) is 6.29. The lowest BCUT2D eigenvalue weighted by molar-refractivity contribution is -0.870. The van der Waals surface area contributed by atoms with Crippen LogP contribution in [0, 0.1) is 0 Å². The number of hydrogen-bond acceptors (Lipinski definition) is 4. The van der Waals surface area contributed by atoms with Gasteiger partial charge in [-0.1, -0.05) is 148 Å². The lowest BCUT2D eigenvalue weighted by Gasteiger charge is -2.42. The van der Waals surface area contributed by atoms with E-state index in [1.807, 2.05) is 18.2 Å². The van der Waals surface area contributed by atoms with Gasteiger partial charge in [0.15, 0.2) is 0 Å². The summed E-state index contributed by atoms with van der Waals surface area (Å²) < 4.78 is 6.60. The zero-order valence-corrected chi connectivity index (χ0v) is 33.6. The molecule has 0 radical (unpaired) electrons. The van der Waals surface area contributed by atoms with E-state index in [1.165, 1.54) is 83.5 Å². The third-order valence-electron chi connectivity index (χ3n) is 9.70. The zero-order chi connectivity index (χ0) is 36.4. The first-order chi connectivity index (χ1) is 23.5. The summed E-state index contributed by atoms with van der Waals surface area (Å²) in [5.74, 6) is -0.722. The Balaban J connectivity index is 3.17. The average Bonchev–Trinajstić information content (AvgIpc) is 3.05. The molecule has 1 aromatic rings. The highest BCUT2D eigenvalue weighted by atomic mass is 79.9. The Bertz CT molecular complexity index is 1040. The van der Waals surface area contributed by atoms with Crippen LogP contribution in [0.25, 0.3) is 0 Å². The highest BCUT2D eigenvalue weighted by Gasteiger charge is 2.45. The molecular formula is C41H72BrN2O5+. The van der Waals surface area contributed by atoms with Gasteiger partial charge in [0.1, 0.15) is 24.4 Å². The van der Waals surface area contributed by atoms with E-state index in [4.69, 9.17) is 4.74 Å². The van der Waals surface area contributed by atoms with Crippen LogP contribution in [-0.4, -0.2) is 77.4 Å². The largest absolute Gasteiger partial charge is 0.487 e. The van der Waals surface area contributed by atoms with Gasteiger partial charge in [0.2, 0.25) is 4.69 Å². The highest BCUT2D eigenvalue weighted by Crippen LogP contribution is 2.35. The zero-order valence-electron chi connectivity index (χ0n) is 32.0. The topological polar surface area (TPSA) is 83.9 Å². The summed E-state index contributed by atoms with van der Waals surface area (Å²) >= 11 is 3.31. The Hall–Kier alpha value is -1.93. The van der Waals surface area contributed by atoms with Crippen molar-refractivity contribution in [2.45, 2.75) is 167 Å². The third kappa shape index (κ3) is 19.9. The second kappa shape index (κ2) is 26.8. The number of carbonyl (C=O) groups is 3. The molecule has 0 saturated heterocycles. The van der Waals surface area contributed by atoms with Crippen LogP contribution in [0.5, 0.6) is 5.75 Å². The van der Waals surface area contributed by atoms with Gasteiger partial charge in [-0.25, -0.2) is 0 Å². The normalized spacial score (nSPS) is 12.9. The fourth-order valence-electron chi connectivity index (χ4n) is 6.53. The molecule has 49 heavy (non-hydrogen) atoms. The molecule has 0 aliphatic carbocycles. The Kier molecular flexibility index (Phi) is 24.7. The van der Waals surface area contributed by atoms with E-state index < -0.39 is 11.5 Å². The molecule has 0 fully saturated rings. The molecule has 282 valence electrons. The Morgan fingerprint density at radius 1 is 0.714 bits per heavy atom. The number of halogens is 1. The minimum absolute atomic E-state index is 0.0812. The van der Waals surface area contributed by atoms with Crippen molar-refractivity contribution in [3.8, 4) is 5.75 Å². The number of carboxylic acid groups (broad SMARTS) is 1. The van der Waals surface area contributed by atoms with Gasteiger partial charge in [0.05, 0.1) is 26.7 Å². The maximum atomic E-state index is 14.6. The van der Waals surface area contributed by atoms with Crippen LogP contribution < -0.4 is 4.74 Å². The van der Waals surface area contributed by atoms with Gasteiger partial charge in [-0.3, -0.25) is 14.4 Å². The summed E-state index contributed by atoms with van der Waals surface area (Å²) in [6, 6.07) is 7.28. The first kappa shape index (κ1) is 45.1. The van der Waals surface area contributed by atoms with Gasteiger partial charge in [-0.15, -0.1) is 0 Å². The molecule has 1 atom stereocenters. The van der Waals surface area contributed by atoms with E-state index in [2.05, 4.69) is 50.9 Å². The molecule has 0 spiro atoms. The van der Waals surface area contributed by atoms with Gasteiger partial charge in [0, 0.05) is 13.0 Å². The minimum atomic E-state index is -1.25. The van der Waals surface area contributed by atoms with E-state index in [9.17, 15) is 19.5 Å². The Morgan fingerprint density at radius 2 is 1.18 bits per heavy atom. The lowest BCUT2D eigenvalue weighted by Crippen LogP contribution is -2.56. The molecule has 1 rings (SSSR count). The van der Waals surface area contributed by atoms with Crippen LogP contribution in [0.2, 0.25) is 0 Å². The second-order valence-electron chi connectivity index (χ2n) is 15.1. The van der Waals surface area contributed by atoms with E-state index in [0.29, 0.717) is 30.9 Å². The molecule has 7 nitrogen and oxygen atoms in total. The van der Waals surface area contributed by atoms with Gasteiger partial charge < -0.3 is 19.2 Å². The van der Waals surface area contributed by atoms with Crippen molar-refractivity contribution in [2.24, 2.45) is 0 Å². The number of amides is 1. The first-order valence-corrected chi connectivity index (χ1v) is 20.5. The lowest BCUT2D eigenvalue weighted by atomic mass is 9.85. The van der Waals surface area contributed by atoms with Gasteiger partial charge in [-0.2, -0.15) is 0 Å². The number of rotatable bonds is 32. The minimum Gasteiger partial charge on any atom is -0.487 e. The van der Waals surface area contributed by atoms with E-state index >= 15 is 0 Å². The van der Waals surface area contributed by atoms with Crippen molar-refractivity contribution >= 4 is 32.5 Å². The van der Waals surface area contributed by atoms with Crippen LogP contribution in [0.4, 0.5) is 0 Å². The molecule has 0 heterocycles. The highest BCUT2D eigenvalue weighted by molar-refractivity contribution is 9.18. The quantitative estimate of drug-likeness (QED) is 0.0450. The van der Waals surface area contributed by atoms with Gasteiger partial charge in [-0.05, 0) is 47.3 Å².